The van der Waals surface area contributed by atoms with E-state index in [1.807, 2.05) is 61.6 Å². The summed E-state index contributed by atoms with van der Waals surface area (Å²) in [6, 6.07) is 16.2. The molecule has 0 radical (unpaired) electrons. The molecule has 2 aromatic carbocycles. The van der Waals surface area contributed by atoms with Crippen LogP contribution in [-0.2, 0) is 0 Å². The van der Waals surface area contributed by atoms with Gasteiger partial charge in [-0.15, -0.1) is 0 Å². The van der Waals surface area contributed by atoms with Crippen molar-refractivity contribution in [1.29, 1.82) is 0 Å². The lowest BCUT2D eigenvalue weighted by Crippen LogP contribution is -2.09. The van der Waals surface area contributed by atoms with E-state index in [0.717, 1.165) is 28.0 Å². The zero-order chi connectivity index (χ0) is 22.1. The first kappa shape index (κ1) is 20.6. The van der Waals surface area contributed by atoms with Gasteiger partial charge in [-0.2, -0.15) is 4.98 Å². The normalized spacial score (nSPS) is 12.1. The SMILES string of the molecule is CCOc1cn2c([C@H](O)c3ccc(-c4ccccc4C(=O)O)cc3)c(C)cc(C)c2n1. The smallest absolute Gasteiger partial charge is 0.336 e. The second-order valence-electron chi connectivity index (χ2n) is 7.48. The number of carboxylic acid groups (broad SMARTS) is 1. The number of aromatic nitrogens is 2. The Bertz CT molecular complexity index is 1260. The van der Waals surface area contributed by atoms with Gasteiger partial charge in [-0.05, 0) is 54.7 Å². The Kier molecular flexibility index (Phi) is 5.48. The number of fused-ring (bicyclic) bond motifs is 1. The summed E-state index contributed by atoms with van der Waals surface area (Å²) in [5.74, 6) is -0.451. The Balaban J connectivity index is 1.75. The summed E-state index contributed by atoms with van der Waals surface area (Å²) in [6.07, 6.45) is 0.921. The lowest BCUT2D eigenvalue weighted by atomic mass is 9.96. The van der Waals surface area contributed by atoms with Crippen molar-refractivity contribution in [2.24, 2.45) is 0 Å². The zero-order valence-corrected chi connectivity index (χ0v) is 17.7. The minimum absolute atomic E-state index is 0.244. The van der Waals surface area contributed by atoms with Crippen molar-refractivity contribution in [3.8, 4) is 17.0 Å². The number of benzene rings is 2. The van der Waals surface area contributed by atoms with Crippen LogP contribution >= 0.6 is 0 Å². The number of pyridine rings is 1. The fourth-order valence-corrected chi connectivity index (χ4v) is 3.96. The number of carboxylic acids is 1. The average molecular weight is 416 g/mol. The van der Waals surface area contributed by atoms with Crippen LogP contribution in [0.1, 0.15) is 45.8 Å². The molecule has 4 rings (SSSR count). The minimum Gasteiger partial charge on any atom is -0.478 e. The van der Waals surface area contributed by atoms with Crippen LogP contribution in [0.25, 0.3) is 16.8 Å². The fraction of sp³-hybridized carbons (Fsp3) is 0.200. The third-order valence-electron chi connectivity index (χ3n) is 5.38. The molecule has 4 aromatic rings. The molecule has 2 aromatic heterocycles. The van der Waals surface area contributed by atoms with Crippen molar-refractivity contribution in [2.45, 2.75) is 26.9 Å². The van der Waals surface area contributed by atoms with Gasteiger partial charge in [-0.1, -0.05) is 48.5 Å². The monoisotopic (exact) mass is 416 g/mol. The van der Waals surface area contributed by atoms with Gasteiger partial charge in [0.1, 0.15) is 11.8 Å². The quantitative estimate of drug-likeness (QED) is 0.472. The van der Waals surface area contributed by atoms with E-state index in [1.54, 1.807) is 24.4 Å². The molecule has 1 atom stereocenters. The summed E-state index contributed by atoms with van der Waals surface area (Å²) in [5.41, 5.74) is 5.78. The van der Waals surface area contributed by atoms with Gasteiger partial charge in [0.2, 0.25) is 5.88 Å². The zero-order valence-electron chi connectivity index (χ0n) is 17.7. The van der Waals surface area contributed by atoms with Crippen LogP contribution in [0.5, 0.6) is 5.88 Å². The highest BCUT2D eigenvalue weighted by Crippen LogP contribution is 2.31. The molecule has 0 saturated carbocycles. The second-order valence-corrected chi connectivity index (χ2v) is 7.48. The Hall–Kier alpha value is -3.64. The number of aliphatic hydroxyl groups excluding tert-OH is 1. The van der Waals surface area contributed by atoms with Crippen molar-refractivity contribution in [3.05, 3.63) is 88.7 Å². The van der Waals surface area contributed by atoms with Gasteiger partial charge in [0.25, 0.3) is 0 Å². The average Bonchev–Trinajstić information content (AvgIpc) is 3.18. The van der Waals surface area contributed by atoms with Gasteiger partial charge in [0, 0.05) is 0 Å². The molecule has 0 aliphatic rings. The van der Waals surface area contributed by atoms with Crippen LogP contribution < -0.4 is 4.74 Å². The molecule has 0 spiro atoms. The number of rotatable bonds is 6. The third kappa shape index (κ3) is 3.78. The van der Waals surface area contributed by atoms with Crippen LogP contribution in [0.2, 0.25) is 0 Å². The van der Waals surface area contributed by atoms with Crippen LogP contribution in [-0.4, -0.2) is 32.2 Å². The van der Waals surface area contributed by atoms with E-state index in [-0.39, 0.29) is 5.56 Å². The molecule has 0 saturated heterocycles. The topological polar surface area (TPSA) is 84.1 Å². The Morgan fingerprint density at radius 1 is 1.10 bits per heavy atom. The van der Waals surface area contributed by atoms with Gasteiger partial charge in [0.15, 0.2) is 0 Å². The predicted molar refractivity (Wildman–Crippen MR) is 119 cm³/mol. The minimum atomic E-state index is -0.970. The first-order valence-electron chi connectivity index (χ1n) is 10.1. The Morgan fingerprint density at radius 2 is 1.81 bits per heavy atom. The molecule has 0 bridgehead atoms. The van der Waals surface area contributed by atoms with E-state index in [0.29, 0.717) is 23.6 Å². The highest BCUT2D eigenvalue weighted by atomic mass is 16.5. The molecular weight excluding hydrogens is 392 g/mol. The maximum Gasteiger partial charge on any atom is 0.336 e. The number of carbonyl (C=O) groups is 1. The van der Waals surface area contributed by atoms with Crippen molar-refractivity contribution in [1.82, 2.24) is 9.38 Å². The van der Waals surface area contributed by atoms with E-state index in [2.05, 4.69) is 4.98 Å². The van der Waals surface area contributed by atoms with Gasteiger partial charge >= 0.3 is 5.97 Å². The van der Waals surface area contributed by atoms with Gasteiger partial charge in [-0.3, -0.25) is 4.40 Å². The Morgan fingerprint density at radius 3 is 2.48 bits per heavy atom. The van der Waals surface area contributed by atoms with Gasteiger partial charge in [0.05, 0.1) is 24.1 Å². The lowest BCUT2D eigenvalue weighted by Gasteiger charge is -2.18. The standard InChI is InChI=1S/C25H24N2O4/c1-4-31-21-14-27-22(15(2)13-16(3)24(27)26-21)23(28)18-11-9-17(10-12-18)19-7-5-6-8-20(19)25(29)30/h5-14,23,28H,4H2,1-3H3,(H,29,30)/t23-/m1/s1. The number of nitrogens with zero attached hydrogens (tertiary/aromatic N) is 2. The molecule has 6 nitrogen and oxygen atoms in total. The van der Waals surface area contributed by atoms with E-state index in [4.69, 9.17) is 4.74 Å². The first-order valence-corrected chi connectivity index (χ1v) is 10.1. The van der Waals surface area contributed by atoms with Crippen LogP contribution in [0.15, 0.2) is 60.8 Å². The van der Waals surface area contributed by atoms with E-state index in [1.165, 1.54) is 0 Å². The second kappa shape index (κ2) is 8.24. The molecule has 0 unspecified atom stereocenters. The Labute approximate surface area is 180 Å². The van der Waals surface area contributed by atoms with Crippen molar-refractivity contribution in [2.75, 3.05) is 6.61 Å². The summed E-state index contributed by atoms with van der Waals surface area (Å²) in [5, 5.41) is 20.7. The molecule has 0 amide bonds. The molecule has 0 aliphatic carbocycles. The van der Waals surface area contributed by atoms with Crippen LogP contribution in [0.4, 0.5) is 0 Å². The third-order valence-corrected chi connectivity index (χ3v) is 5.38. The summed E-state index contributed by atoms with van der Waals surface area (Å²) in [7, 11) is 0. The summed E-state index contributed by atoms with van der Waals surface area (Å²) in [4.78, 5) is 16.1. The molecule has 158 valence electrons. The summed E-state index contributed by atoms with van der Waals surface area (Å²) < 4.78 is 7.44. The molecule has 6 heteroatoms. The van der Waals surface area contributed by atoms with E-state index >= 15 is 0 Å². The molecular formula is C25H24N2O4. The molecule has 0 aliphatic heterocycles. The number of imidazole rings is 1. The molecule has 0 fully saturated rings. The predicted octanol–water partition coefficient (Wildman–Crippen LogP) is 4.80. The van der Waals surface area contributed by atoms with Crippen LogP contribution in [0, 0.1) is 13.8 Å². The van der Waals surface area contributed by atoms with Crippen molar-refractivity contribution in [3.63, 3.8) is 0 Å². The fourth-order valence-electron chi connectivity index (χ4n) is 3.96. The van der Waals surface area contributed by atoms with Gasteiger partial charge < -0.3 is 14.9 Å². The number of ether oxygens (including phenoxy) is 1. The lowest BCUT2D eigenvalue weighted by molar-refractivity contribution is 0.0697. The highest BCUT2D eigenvalue weighted by Gasteiger charge is 2.20. The maximum absolute atomic E-state index is 11.5. The van der Waals surface area contributed by atoms with Crippen molar-refractivity contribution < 1.29 is 19.7 Å². The molecule has 31 heavy (non-hydrogen) atoms. The van der Waals surface area contributed by atoms with E-state index < -0.39 is 12.1 Å². The first-order chi connectivity index (χ1) is 14.9. The van der Waals surface area contributed by atoms with Crippen molar-refractivity contribution >= 4 is 11.6 Å². The molecule has 2 heterocycles. The highest BCUT2D eigenvalue weighted by molar-refractivity contribution is 5.96. The molecule has 2 N–H and O–H groups in total. The summed E-state index contributed by atoms with van der Waals surface area (Å²) >= 11 is 0. The van der Waals surface area contributed by atoms with Gasteiger partial charge in [-0.25, -0.2) is 4.79 Å². The maximum atomic E-state index is 11.5. The number of aromatic carboxylic acids is 1. The number of hydrogen-bond acceptors (Lipinski definition) is 4. The number of aryl methyl sites for hydroxylation is 2. The van der Waals surface area contributed by atoms with E-state index in [9.17, 15) is 15.0 Å². The number of hydrogen-bond donors (Lipinski definition) is 2. The van der Waals surface area contributed by atoms with Crippen LogP contribution in [0.3, 0.4) is 0 Å². The summed E-state index contributed by atoms with van der Waals surface area (Å²) in [6.45, 7) is 6.36. The number of aliphatic hydroxyl groups is 1. The largest absolute Gasteiger partial charge is 0.478 e.